The van der Waals surface area contributed by atoms with E-state index in [1.807, 2.05) is 0 Å². The van der Waals surface area contributed by atoms with Gasteiger partial charge in [-0.2, -0.15) is 0 Å². The fourth-order valence-corrected chi connectivity index (χ4v) is 1.61. The van der Waals surface area contributed by atoms with Crippen LogP contribution in [0.25, 0.3) is 0 Å². The van der Waals surface area contributed by atoms with Crippen molar-refractivity contribution in [3.8, 4) is 5.75 Å². The highest BCUT2D eigenvalue weighted by Gasteiger charge is 2.07. The minimum atomic E-state index is -0.0764. The third-order valence-electron chi connectivity index (χ3n) is 1.76. The van der Waals surface area contributed by atoms with Gasteiger partial charge >= 0.3 is 0 Å². The van der Waals surface area contributed by atoms with Gasteiger partial charge in [0.25, 0.3) is 0 Å². The maximum Gasteiger partial charge on any atom is 0.225 e. The van der Waals surface area contributed by atoms with Crippen LogP contribution in [-0.2, 0) is 4.79 Å². The van der Waals surface area contributed by atoms with E-state index in [4.69, 9.17) is 16.3 Å². The molecule has 0 fully saturated rings. The zero-order valence-corrected chi connectivity index (χ0v) is 10.6. The van der Waals surface area contributed by atoms with Gasteiger partial charge in [0, 0.05) is 16.8 Å². The van der Waals surface area contributed by atoms with Crippen molar-refractivity contribution in [1.82, 2.24) is 0 Å². The van der Waals surface area contributed by atoms with Crippen LogP contribution >= 0.6 is 27.5 Å². The van der Waals surface area contributed by atoms with Crippen LogP contribution in [0.15, 0.2) is 18.2 Å². The molecule has 5 heteroatoms. The smallest absolute Gasteiger partial charge is 0.225 e. The van der Waals surface area contributed by atoms with Crippen LogP contribution in [0.1, 0.15) is 6.42 Å². The summed E-state index contributed by atoms with van der Waals surface area (Å²) < 4.78 is 5.09. The summed E-state index contributed by atoms with van der Waals surface area (Å²) in [7, 11) is 1.55. The summed E-state index contributed by atoms with van der Waals surface area (Å²) in [5.74, 6) is 0.523. The number of hydrogen-bond donors (Lipinski definition) is 1. The number of carbonyl (C=O) groups excluding carboxylic acids is 1. The molecule has 0 spiro atoms. The fourth-order valence-electron chi connectivity index (χ4n) is 1.08. The molecule has 1 N–H and O–H groups in total. The Morgan fingerprint density at radius 1 is 1.60 bits per heavy atom. The molecule has 3 nitrogen and oxygen atoms in total. The number of methoxy groups -OCH3 is 1. The Labute approximate surface area is 102 Å². The normalized spacial score (nSPS) is 9.80. The Balaban J connectivity index is 2.82. The van der Waals surface area contributed by atoms with Gasteiger partial charge in [-0.25, -0.2) is 0 Å². The lowest BCUT2D eigenvalue weighted by Gasteiger charge is -2.09. The molecule has 0 atom stereocenters. The van der Waals surface area contributed by atoms with E-state index < -0.39 is 0 Å². The highest BCUT2D eigenvalue weighted by Crippen LogP contribution is 2.27. The molecule has 0 bridgehead atoms. The van der Waals surface area contributed by atoms with Gasteiger partial charge in [-0.1, -0.05) is 27.5 Å². The van der Waals surface area contributed by atoms with Crippen LogP contribution in [0.3, 0.4) is 0 Å². The molecule has 0 aliphatic rings. The first-order valence-corrected chi connectivity index (χ1v) is 5.86. The number of benzene rings is 1. The van der Waals surface area contributed by atoms with Gasteiger partial charge in [-0.05, 0) is 18.2 Å². The van der Waals surface area contributed by atoms with Crippen molar-refractivity contribution in [2.24, 2.45) is 0 Å². The van der Waals surface area contributed by atoms with E-state index in [1.54, 1.807) is 25.3 Å². The first-order valence-electron chi connectivity index (χ1n) is 4.36. The second kappa shape index (κ2) is 5.98. The summed E-state index contributed by atoms with van der Waals surface area (Å²) >= 11 is 9.01. The van der Waals surface area contributed by atoms with Gasteiger partial charge < -0.3 is 10.1 Å². The lowest BCUT2D eigenvalue weighted by Crippen LogP contribution is -2.12. The summed E-state index contributed by atoms with van der Waals surface area (Å²) in [6, 6.07) is 5.08. The summed E-state index contributed by atoms with van der Waals surface area (Å²) in [5.41, 5.74) is 0.593. The van der Waals surface area contributed by atoms with E-state index in [1.165, 1.54) is 0 Å². The number of hydrogen-bond acceptors (Lipinski definition) is 2. The predicted octanol–water partition coefficient (Wildman–Crippen LogP) is 3.07. The molecule has 82 valence electrons. The first-order chi connectivity index (χ1) is 7.17. The maximum absolute atomic E-state index is 11.4. The third kappa shape index (κ3) is 3.72. The number of nitrogens with one attached hydrogen (secondary N) is 1. The van der Waals surface area contributed by atoms with Crippen LogP contribution in [-0.4, -0.2) is 18.3 Å². The third-order valence-corrected chi connectivity index (χ3v) is 2.39. The summed E-state index contributed by atoms with van der Waals surface area (Å²) in [4.78, 5) is 11.4. The van der Waals surface area contributed by atoms with Crippen molar-refractivity contribution >= 4 is 39.1 Å². The topological polar surface area (TPSA) is 38.3 Å². The van der Waals surface area contributed by atoms with Crippen LogP contribution < -0.4 is 10.1 Å². The minimum absolute atomic E-state index is 0.0764. The van der Waals surface area contributed by atoms with E-state index >= 15 is 0 Å². The van der Waals surface area contributed by atoms with Crippen LogP contribution in [0.5, 0.6) is 5.75 Å². The van der Waals surface area contributed by atoms with Crippen LogP contribution in [0, 0.1) is 0 Å². The quantitative estimate of drug-likeness (QED) is 0.866. The van der Waals surface area contributed by atoms with E-state index in [0.29, 0.717) is 28.2 Å². The molecular formula is C10H11BrClNO2. The van der Waals surface area contributed by atoms with Gasteiger partial charge in [0.1, 0.15) is 5.75 Å². The lowest BCUT2D eigenvalue weighted by molar-refractivity contribution is -0.115. The molecule has 15 heavy (non-hydrogen) atoms. The summed E-state index contributed by atoms with van der Waals surface area (Å²) in [6.45, 7) is 0. The maximum atomic E-state index is 11.4. The minimum Gasteiger partial charge on any atom is -0.495 e. The van der Waals surface area contributed by atoms with Gasteiger partial charge in [-0.15, -0.1) is 0 Å². The highest BCUT2D eigenvalue weighted by molar-refractivity contribution is 9.09. The molecular weight excluding hydrogens is 281 g/mol. The van der Waals surface area contributed by atoms with Crippen LogP contribution in [0.2, 0.25) is 5.02 Å². The Morgan fingerprint density at radius 3 is 2.93 bits per heavy atom. The predicted molar refractivity (Wildman–Crippen MR) is 65.0 cm³/mol. The zero-order valence-electron chi connectivity index (χ0n) is 8.22. The molecule has 0 saturated carbocycles. The second-order valence-electron chi connectivity index (χ2n) is 2.83. The number of alkyl halides is 1. The van der Waals surface area contributed by atoms with Crippen molar-refractivity contribution in [2.45, 2.75) is 6.42 Å². The average molecular weight is 293 g/mol. The Kier molecular flexibility index (Phi) is 4.91. The molecule has 1 rings (SSSR count). The second-order valence-corrected chi connectivity index (χ2v) is 4.06. The first kappa shape index (κ1) is 12.3. The SMILES string of the molecule is COc1ccc(Cl)cc1NC(=O)CCBr. The van der Waals surface area contributed by atoms with E-state index in [9.17, 15) is 4.79 Å². The van der Waals surface area contributed by atoms with Gasteiger partial charge in [-0.3, -0.25) is 4.79 Å². The molecule has 1 aromatic carbocycles. The Hall–Kier alpha value is -0.740. The molecule has 0 aromatic heterocycles. The van der Waals surface area contributed by atoms with Crippen molar-refractivity contribution in [3.63, 3.8) is 0 Å². The van der Waals surface area contributed by atoms with Gasteiger partial charge in [0.15, 0.2) is 0 Å². The number of halogens is 2. The van der Waals surface area contributed by atoms with E-state index in [-0.39, 0.29) is 5.91 Å². The fraction of sp³-hybridized carbons (Fsp3) is 0.300. The molecule has 0 heterocycles. The Morgan fingerprint density at radius 2 is 2.33 bits per heavy atom. The molecule has 0 radical (unpaired) electrons. The molecule has 0 aliphatic carbocycles. The Bertz CT molecular complexity index is 357. The number of carbonyl (C=O) groups is 1. The van der Waals surface area contributed by atoms with Crippen molar-refractivity contribution in [3.05, 3.63) is 23.2 Å². The summed E-state index contributed by atoms with van der Waals surface area (Å²) in [6.07, 6.45) is 0.412. The van der Waals surface area contributed by atoms with Crippen molar-refractivity contribution in [1.29, 1.82) is 0 Å². The number of ether oxygens (including phenoxy) is 1. The lowest BCUT2D eigenvalue weighted by atomic mass is 10.3. The average Bonchev–Trinajstić information content (AvgIpc) is 2.18. The van der Waals surface area contributed by atoms with E-state index in [2.05, 4.69) is 21.2 Å². The standard InChI is InChI=1S/C10H11BrClNO2/c1-15-9-3-2-7(12)6-8(9)13-10(14)4-5-11/h2-3,6H,4-5H2,1H3,(H,13,14). The molecule has 1 amide bonds. The van der Waals surface area contributed by atoms with Gasteiger partial charge in [0.2, 0.25) is 5.91 Å². The van der Waals surface area contributed by atoms with E-state index in [0.717, 1.165) is 0 Å². The number of anilines is 1. The molecule has 0 saturated heterocycles. The molecule has 0 unspecified atom stereocenters. The highest BCUT2D eigenvalue weighted by atomic mass is 79.9. The van der Waals surface area contributed by atoms with Crippen molar-refractivity contribution < 1.29 is 9.53 Å². The zero-order chi connectivity index (χ0) is 11.3. The van der Waals surface area contributed by atoms with Gasteiger partial charge in [0.05, 0.1) is 12.8 Å². The number of rotatable bonds is 4. The van der Waals surface area contributed by atoms with Crippen molar-refractivity contribution in [2.75, 3.05) is 17.8 Å². The van der Waals surface area contributed by atoms with Crippen LogP contribution in [0.4, 0.5) is 5.69 Å². The monoisotopic (exact) mass is 291 g/mol. The molecule has 0 aliphatic heterocycles. The number of amides is 1. The molecule has 1 aromatic rings. The summed E-state index contributed by atoms with van der Waals surface area (Å²) in [5, 5.41) is 3.91. The largest absolute Gasteiger partial charge is 0.495 e.